The molecule has 0 aromatic rings. The SMILES string of the molecule is CC(N)C(=O)NC(C(=O)NC(CO)C(=O)NC(CC(=O)O)C(=O)O)C(C)C. The van der Waals surface area contributed by atoms with Gasteiger partial charge in [0.25, 0.3) is 0 Å². The number of hydrogen-bond donors (Lipinski definition) is 7. The Morgan fingerprint density at radius 1 is 0.852 bits per heavy atom. The first-order chi connectivity index (χ1) is 12.4. The Labute approximate surface area is 155 Å². The van der Waals surface area contributed by atoms with Gasteiger partial charge in [0.1, 0.15) is 18.1 Å². The number of nitrogens with one attached hydrogen (secondary N) is 3. The number of carboxylic acids is 2. The van der Waals surface area contributed by atoms with Gasteiger partial charge in [0.2, 0.25) is 17.7 Å². The lowest BCUT2D eigenvalue weighted by atomic mass is 10.0. The van der Waals surface area contributed by atoms with Crippen molar-refractivity contribution in [2.75, 3.05) is 6.61 Å². The van der Waals surface area contributed by atoms with Crippen molar-refractivity contribution in [3.05, 3.63) is 0 Å². The number of rotatable bonds is 11. The molecule has 0 fully saturated rings. The van der Waals surface area contributed by atoms with Crippen LogP contribution in [0.15, 0.2) is 0 Å². The number of nitrogens with two attached hydrogens (primary N) is 1. The smallest absolute Gasteiger partial charge is 0.326 e. The van der Waals surface area contributed by atoms with E-state index in [2.05, 4.69) is 10.6 Å². The molecule has 0 bridgehead atoms. The van der Waals surface area contributed by atoms with Crippen LogP contribution in [0.4, 0.5) is 0 Å². The molecule has 27 heavy (non-hydrogen) atoms. The largest absolute Gasteiger partial charge is 0.481 e. The van der Waals surface area contributed by atoms with Crippen LogP contribution in [-0.2, 0) is 24.0 Å². The molecule has 0 aromatic heterocycles. The Morgan fingerprint density at radius 3 is 1.74 bits per heavy atom. The highest BCUT2D eigenvalue weighted by Crippen LogP contribution is 2.03. The topological polar surface area (TPSA) is 208 Å². The third kappa shape index (κ3) is 8.46. The predicted octanol–water partition coefficient (Wildman–Crippen LogP) is -3.00. The summed E-state index contributed by atoms with van der Waals surface area (Å²) in [5, 5.41) is 33.5. The second kappa shape index (κ2) is 11.1. The van der Waals surface area contributed by atoms with Gasteiger partial charge in [-0.3, -0.25) is 19.2 Å². The summed E-state index contributed by atoms with van der Waals surface area (Å²) in [6.07, 6.45) is -0.883. The van der Waals surface area contributed by atoms with Gasteiger partial charge in [-0.15, -0.1) is 0 Å². The number of aliphatic hydroxyl groups excluding tert-OH is 1. The van der Waals surface area contributed by atoms with Crippen LogP contribution in [0.2, 0.25) is 0 Å². The van der Waals surface area contributed by atoms with Crippen molar-refractivity contribution in [3.63, 3.8) is 0 Å². The van der Waals surface area contributed by atoms with E-state index in [4.69, 9.17) is 15.9 Å². The second-order valence-electron chi connectivity index (χ2n) is 6.26. The van der Waals surface area contributed by atoms with E-state index in [0.29, 0.717) is 0 Å². The van der Waals surface area contributed by atoms with Crippen molar-refractivity contribution in [3.8, 4) is 0 Å². The van der Waals surface area contributed by atoms with Crippen molar-refractivity contribution in [1.29, 1.82) is 0 Å². The number of carbonyl (C=O) groups excluding carboxylic acids is 3. The van der Waals surface area contributed by atoms with Crippen LogP contribution in [-0.4, -0.2) is 75.8 Å². The van der Waals surface area contributed by atoms with Crippen LogP contribution in [0.25, 0.3) is 0 Å². The zero-order valence-corrected chi connectivity index (χ0v) is 15.3. The maximum Gasteiger partial charge on any atom is 0.326 e. The molecular weight excluding hydrogens is 364 g/mol. The Morgan fingerprint density at radius 2 is 1.37 bits per heavy atom. The first kappa shape index (κ1) is 24.3. The maximum atomic E-state index is 12.3. The van der Waals surface area contributed by atoms with Gasteiger partial charge >= 0.3 is 11.9 Å². The van der Waals surface area contributed by atoms with Crippen LogP contribution < -0.4 is 21.7 Å². The van der Waals surface area contributed by atoms with E-state index in [-0.39, 0.29) is 5.92 Å². The molecule has 0 rings (SSSR count). The molecule has 154 valence electrons. The fourth-order valence-corrected chi connectivity index (χ4v) is 1.92. The molecular formula is C15H26N4O8. The minimum atomic E-state index is -1.74. The predicted molar refractivity (Wildman–Crippen MR) is 91.3 cm³/mol. The van der Waals surface area contributed by atoms with E-state index in [1.165, 1.54) is 6.92 Å². The molecule has 0 aliphatic rings. The minimum Gasteiger partial charge on any atom is -0.481 e. The molecule has 8 N–H and O–H groups in total. The van der Waals surface area contributed by atoms with Crippen LogP contribution in [0.5, 0.6) is 0 Å². The van der Waals surface area contributed by atoms with Gasteiger partial charge < -0.3 is 37.0 Å². The normalized spacial score (nSPS) is 15.2. The molecule has 0 heterocycles. The maximum absolute atomic E-state index is 12.3. The molecule has 0 spiro atoms. The third-order valence-electron chi connectivity index (χ3n) is 3.47. The summed E-state index contributed by atoms with van der Waals surface area (Å²) >= 11 is 0. The lowest BCUT2D eigenvalue weighted by Crippen LogP contribution is -2.59. The highest BCUT2D eigenvalue weighted by atomic mass is 16.4. The van der Waals surface area contributed by atoms with Gasteiger partial charge in [0, 0.05) is 0 Å². The molecule has 0 radical (unpaired) electrons. The number of amides is 3. The highest BCUT2D eigenvalue weighted by Gasteiger charge is 2.31. The van der Waals surface area contributed by atoms with Crippen LogP contribution in [0, 0.1) is 5.92 Å². The quantitative estimate of drug-likeness (QED) is 0.191. The fourth-order valence-electron chi connectivity index (χ4n) is 1.92. The van der Waals surface area contributed by atoms with E-state index in [9.17, 15) is 29.1 Å². The molecule has 4 atom stereocenters. The van der Waals surface area contributed by atoms with E-state index >= 15 is 0 Å². The number of aliphatic carboxylic acids is 2. The lowest BCUT2D eigenvalue weighted by molar-refractivity contribution is -0.147. The van der Waals surface area contributed by atoms with Crippen molar-refractivity contribution < 1.29 is 39.3 Å². The lowest BCUT2D eigenvalue weighted by Gasteiger charge is -2.25. The molecule has 12 heteroatoms. The zero-order valence-electron chi connectivity index (χ0n) is 15.3. The molecule has 12 nitrogen and oxygen atoms in total. The van der Waals surface area contributed by atoms with Gasteiger partial charge in [-0.25, -0.2) is 4.79 Å². The standard InChI is InChI=1S/C15H26N4O8/c1-6(2)11(19-12(23)7(3)16)14(25)18-9(5-20)13(24)17-8(15(26)27)4-10(21)22/h6-9,11,20H,4-5,16H2,1-3H3,(H,17,24)(H,18,25)(H,19,23)(H,21,22)(H,26,27). The Balaban J connectivity index is 5.12. The molecule has 4 unspecified atom stereocenters. The van der Waals surface area contributed by atoms with Gasteiger partial charge in [-0.2, -0.15) is 0 Å². The monoisotopic (exact) mass is 390 g/mol. The van der Waals surface area contributed by atoms with Gasteiger partial charge in [0.05, 0.1) is 19.1 Å². The highest BCUT2D eigenvalue weighted by molar-refractivity contribution is 5.94. The Hall–Kier alpha value is -2.73. The summed E-state index contributed by atoms with van der Waals surface area (Å²) in [6.45, 7) is 3.81. The Bertz CT molecular complexity index is 578. The summed E-state index contributed by atoms with van der Waals surface area (Å²) in [7, 11) is 0. The van der Waals surface area contributed by atoms with E-state index in [1.807, 2.05) is 5.32 Å². The van der Waals surface area contributed by atoms with Crippen molar-refractivity contribution in [1.82, 2.24) is 16.0 Å². The van der Waals surface area contributed by atoms with Crippen molar-refractivity contribution in [2.24, 2.45) is 11.7 Å². The molecule has 3 amide bonds. The van der Waals surface area contributed by atoms with Crippen molar-refractivity contribution >= 4 is 29.7 Å². The van der Waals surface area contributed by atoms with Crippen LogP contribution >= 0.6 is 0 Å². The van der Waals surface area contributed by atoms with Gasteiger partial charge in [-0.1, -0.05) is 13.8 Å². The zero-order chi connectivity index (χ0) is 21.3. The fraction of sp³-hybridized carbons (Fsp3) is 0.667. The van der Waals surface area contributed by atoms with Crippen LogP contribution in [0.1, 0.15) is 27.2 Å². The molecule has 0 aliphatic carbocycles. The number of carbonyl (C=O) groups is 5. The molecule has 0 saturated heterocycles. The Kier molecular flexibility index (Phi) is 9.96. The summed E-state index contributed by atoms with van der Waals surface area (Å²) in [5.74, 6) is -5.89. The summed E-state index contributed by atoms with van der Waals surface area (Å²) in [6, 6.07) is -5.20. The summed E-state index contributed by atoms with van der Waals surface area (Å²) < 4.78 is 0. The first-order valence-corrected chi connectivity index (χ1v) is 8.12. The second-order valence-corrected chi connectivity index (χ2v) is 6.26. The van der Waals surface area contributed by atoms with Crippen LogP contribution in [0.3, 0.4) is 0 Å². The molecule has 0 aromatic carbocycles. The van der Waals surface area contributed by atoms with Gasteiger partial charge in [0.15, 0.2) is 0 Å². The first-order valence-electron chi connectivity index (χ1n) is 8.12. The number of aliphatic hydroxyl groups is 1. The van der Waals surface area contributed by atoms with Crippen molar-refractivity contribution in [2.45, 2.75) is 51.4 Å². The van der Waals surface area contributed by atoms with E-state index in [1.54, 1.807) is 13.8 Å². The summed E-state index contributed by atoms with van der Waals surface area (Å²) in [4.78, 5) is 57.8. The molecule has 0 saturated carbocycles. The number of hydrogen-bond acceptors (Lipinski definition) is 7. The average molecular weight is 390 g/mol. The van der Waals surface area contributed by atoms with Gasteiger partial charge in [-0.05, 0) is 12.8 Å². The molecule has 0 aliphatic heterocycles. The summed E-state index contributed by atoms with van der Waals surface area (Å²) in [5.41, 5.74) is 5.43. The number of carboxylic acid groups (broad SMARTS) is 2. The van der Waals surface area contributed by atoms with E-state index in [0.717, 1.165) is 0 Å². The third-order valence-corrected chi connectivity index (χ3v) is 3.47. The van der Waals surface area contributed by atoms with E-state index < -0.39 is 66.9 Å². The average Bonchev–Trinajstić information content (AvgIpc) is 2.55. The minimum absolute atomic E-state index is 0.381.